The van der Waals surface area contributed by atoms with Crippen LogP contribution in [0.25, 0.3) is 22.3 Å². The molecule has 0 spiro atoms. The Kier molecular flexibility index (Phi) is 6.51. The Bertz CT molecular complexity index is 1410. The second-order valence-electron chi connectivity index (χ2n) is 8.70. The van der Waals surface area contributed by atoms with Crippen LogP contribution in [0.3, 0.4) is 0 Å². The van der Waals surface area contributed by atoms with Crippen LogP contribution >= 0.6 is 11.6 Å². The molecule has 1 amide bonds. The van der Waals surface area contributed by atoms with E-state index in [1.807, 2.05) is 26.1 Å². The fourth-order valence-corrected chi connectivity index (χ4v) is 4.61. The number of hydrogen-bond acceptors (Lipinski definition) is 7. The van der Waals surface area contributed by atoms with Gasteiger partial charge >= 0.3 is 0 Å². The Morgan fingerprint density at radius 3 is 2.67 bits per heavy atom. The number of aromatic nitrogens is 2. The summed E-state index contributed by atoms with van der Waals surface area (Å²) in [6, 6.07) is 13.2. The molecule has 0 aliphatic carbocycles. The molecule has 0 unspecified atom stereocenters. The molecule has 5 rings (SSSR count). The first-order valence-electron chi connectivity index (χ1n) is 11.5. The number of carbonyl (C=O) groups excluding carboxylic acids is 1. The molecule has 2 aromatic heterocycles. The predicted molar refractivity (Wildman–Crippen MR) is 137 cm³/mol. The molecule has 2 atom stereocenters. The molecule has 4 aromatic rings. The van der Waals surface area contributed by atoms with Gasteiger partial charge in [0.05, 0.1) is 17.8 Å². The van der Waals surface area contributed by atoms with Crippen molar-refractivity contribution >= 4 is 40.0 Å². The molecule has 0 fully saturated rings. The minimum absolute atomic E-state index is 0.144. The quantitative estimate of drug-likeness (QED) is 0.389. The van der Waals surface area contributed by atoms with E-state index < -0.39 is 0 Å². The van der Waals surface area contributed by atoms with Crippen LogP contribution in [-0.2, 0) is 4.74 Å². The topological polar surface area (TPSA) is 92.5 Å². The first-order valence-corrected chi connectivity index (χ1v) is 11.9. The summed E-state index contributed by atoms with van der Waals surface area (Å²) in [7, 11) is 3.56. The molecule has 0 saturated carbocycles. The number of carbonyl (C=O) groups is 1. The van der Waals surface area contributed by atoms with Gasteiger partial charge in [-0.15, -0.1) is 10.2 Å². The predicted octanol–water partition coefficient (Wildman–Crippen LogP) is 5.05. The zero-order valence-corrected chi connectivity index (χ0v) is 20.8. The van der Waals surface area contributed by atoms with Crippen LogP contribution in [0.1, 0.15) is 28.9 Å². The molecular weight excluding hydrogens is 485 g/mol. The fraction of sp³-hybridized carbons (Fsp3) is 0.269. The Labute approximate surface area is 212 Å². The van der Waals surface area contributed by atoms with Crippen molar-refractivity contribution in [3.63, 3.8) is 0 Å². The van der Waals surface area contributed by atoms with Gasteiger partial charge in [-0.1, -0.05) is 11.6 Å². The van der Waals surface area contributed by atoms with Crippen molar-refractivity contribution < 1.29 is 18.3 Å². The lowest BCUT2D eigenvalue weighted by Gasteiger charge is -2.23. The Morgan fingerprint density at radius 2 is 1.97 bits per heavy atom. The number of rotatable bonds is 5. The van der Waals surface area contributed by atoms with E-state index in [2.05, 4.69) is 25.7 Å². The van der Waals surface area contributed by atoms with E-state index in [-0.39, 0.29) is 23.9 Å². The van der Waals surface area contributed by atoms with Crippen LogP contribution in [0.4, 0.5) is 15.9 Å². The second-order valence-corrected chi connectivity index (χ2v) is 9.09. The molecule has 2 N–H and O–H groups in total. The monoisotopic (exact) mass is 509 g/mol. The van der Waals surface area contributed by atoms with Gasteiger partial charge < -0.3 is 24.7 Å². The van der Waals surface area contributed by atoms with Crippen molar-refractivity contribution in [2.45, 2.75) is 19.1 Å². The van der Waals surface area contributed by atoms with E-state index in [9.17, 15) is 9.18 Å². The van der Waals surface area contributed by atoms with Gasteiger partial charge in [-0.25, -0.2) is 4.39 Å². The summed E-state index contributed by atoms with van der Waals surface area (Å²) in [4.78, 5) is 15.0. The lowest BCUT2D eigenvalue weighted by atomic mass is 10.00. The number of nitrogens with zero attached hydrogens (tertiary/aromatic N) is 3. The summed E-state index contributed by atoms with van der Waals surface area (Å²) in [6.07, 6.45) is -0.395. The van der Waals surface area contributed by atoms with Gasteiger partial charge in [0.15, 0.2) is 5.15 Å². The number of benzene rings is 2. The molecule has 10 heteroatoms. The minimum atomic E-state index is -0.359. The van der Waals surface area contributed by atoms with Crippen molar-refractivity contribution in [1.29, 1.82) is 0 Å². The number of anilines is 2. The third kappa shape index (κ3) is 4.59. The molecule has 0 radical (unpaired) electrons. The maximum atomic E-state index is 13.5. The second kappa shape index (κ2) is 9.75. The van der Waals surface area contributed by atoms with Gasteiger partial charge in [0, 0.05) is 55.5 Å². The Hall–Kier alpha value is -3.69. The van der Waals surface area contributed by atoms with Crippen LogP contribution in [0.2, 0.25) is 5.15 Å². The van der Waals surface area contributed by atoms with Crippen LogP contribution < -0.4 is 15.5 Å². The smallest absolute Gasteiger partial charge is 0.255 e. The molecule has 8 nitrogen and oxygen atoms in total. The highest BCUT2D eigenvalue weighted by atomic mass is 35.5. The molecule has 36 heavy (non-hydrogen) atoms. The number of hydrogen-bond donors (Lipinski definition) is 2. The van der Waals surface area contributed by atoms with E-state index in [4.69, 9.17) is 20.8 Å². The number of furan rings is 1. The third-order valence-electron chi connectivity index (χ3n) is 6.26. The van der Waals surface area contributed by atoms with Gasteiger partial charge in [-0.05, 0) is 49.4 Å². The fourth-order valence-electron chi connectivity index (χ4n) is 4.51. The van der Waals surface area contributed by atoms with Gasteiger partial charge in [0.2, 0.25) is 0 Å². The van der Waals surface area contributed by atoms with Crippen molar-refractivity contribution in [2.75, 3.05) is 37.4 Å². The van der Waals surface area contributed by atoms with Crippen LogP contribution in [-0.4, -0.2) is 49.4 Å². The normalized spacial score (nSPS) is 17.5. The number of fused-ring (bicyclic) bond motifs is 2. The molecule has 0 saturated heterocycles. The van der Waals surface area contributed by atoms with Crippen molar-refractivity contribution in [1.82, 2.24) is 15.5 Å². The summed E-state index contributed by atoms with van der Waals surface area (Å²) in [5.41, 5.74) is 3.48. The molecule has 2 aromatic carbocycles. The van der Waals surface area contributed by atoms with Crippen molar-refractivity contribution in [3.05, 3.63) is 70.6 Å². The Morgan fingerprint density at radius 1 is 1.19 bits per heavy atom. The number of amides is 1. The molecule has 1 aliphatic heterocycles. The first kappa shape index (κ1) is 24.0. The zero-order valence-electron chi connectivity index (χ0n) is 20.0. The van der Waals surface area contributed by atoms with Gasteiger partial charge in [-0.3, -0.25) is 4.79 Å². The minimum Gasteiger partial charge on any atom is -0.455 e. The van der Waals surface area contributed by atoms with Crippen molar-refractivity contribution in [3.8, 4) is 11.3 Å². The van der Waals surface area contributed by atoms with Gasteiger partial charge in [-0.2, -0.15) is 0 Å². The molecular formula is C26H25ClFN5O3. The summed E-state index contributed by atoms with van der Waals surface area (Å²) in [6.45, 7) is 3.12. The van der Waals surface area contributed by atoms with Crippen LogP contribution in [0.5, 0.6) is 0 Å². The maximum Gasteiger partial charge on any atom is 0.255 e. The van der Waals surface area contributed by atoms with Crippen LogP contribution in [0, 0.1) is 5.82 Å². The highest BCUT2D eigenvalue weighted by molar-refractivity contribution is 6.29. The largest absolute Gasteiger partial charge is 0.455 e. The van der Waals surface area contributed by atoms with Crippen molar-refractivity contribution in [2.24, 2.45) is 0 Å². The number of likely N-dealkylation sites (N-methyl/N-ethyl adjacent to an activating group) is 1. The SMILES string of the molecule is CNC(=O)c1c(-c2ccc(F)cc2)oc2cc3c(cc12)[C@H](C)O[C@H](CNc1ccc(Cl)nn1)CN3C. The lowest BCUT2D eigenvalue weighted by Crippen LogP contribution is -2.34. The van der Waals surface area contributed by atoms with Gasteiger partial charge in [0.25, 0.3) is 5.91 Å². The summed E-state index contributed by atoms with van der Waals surface area (Å²) >= 11 is 5.82. The van der Waals surface area contributed by atoms with E-state index in [1.165, 1.54) is 12.1 Å². The molecule has 186 valence electrons. The summed E-state index contributed by atoms with van der Waals surface area (Å²) in [5.74, 6) is 0.366. The molecule has 3 heterocycles. The van der Waals surface area contributed by atoms with E-state index in [0.717, 1.165) is 11.3 Å². The standard InChI is InChI=1S/C26H25ClFN5O3/c1-14-18-10-19-21(36-25(24(19)26(34)29-2)15-4-6-16(28)7-5-15)11-20(18)33(3)13-17(35-14)12-30-23-9-8-22(27)31-32-23/h4-11,14,17H,12-13H2,1-3H3,(H,29,34)(H,30,32)/t14-,17+/m0/s1. The first-order chi connectivity index (χ1) is 17.3. The maximum absolute atomic E-state index is 13.5. The van der Waals surface area contributed by atoms with Gasteiger partial charge in [0.1, 0.15) is 23.0 Å². The zero-order chi connectivity index (χ0) is 25.4. The third-order valence-corrected chi connectivity index (χ3v) is 6.47. The van der Waals surface area contributed by atoms with E-state index in [0.29, 0.717) is 51.9 Å². The highest BCUT2D eigenvalue weighted by Gasteiger charge is 2.29. The molecule has 0 bridgehead atoms. The average Bonchev–Trinajstić information content (AvgIpc) is 3.20. The molecule has 1 aliphatic rings. The number of halogens is 2. The number of ether oxygens (including phenoxy) is 1. The van der Waals surface area contributed by atoms with E-state index in [1.54, 1.807) is 31.3 Å². The summed E-state index contributed by atoms with van der Waals surface area (Å²) in [5, 5.41) is 14.8. The Balaban J connectivity index is 1.49. The number of nitrogens with one attached hydrogen (secondary N) is 2. The van der Waals surface area contributed by atoms with E-state index >= 15 is 0 Å². The highest BCUT2D eigenvalue weighted by Crippen LogP contribution is 2.41. The average molecular weight is 510 g/mol. The summed E-state index contributed by atoms with van der Waals surface area (Å²) < 4.78 is 26.1. The van der Waals surface area contributed by atoms with Crippen LogP contribution in [0.15, 0.2) is 52.9 Å². The lowest BCUT2D eigenvalue weighted by molar-refractivity contribution is 0.0134.